The highest BCUT2D eigenvalue weighted by molar-refractivity contribution is 5.95. The number of carbonyl (C=O) groups is 1. The van der Waals surface area contributed by atoms with E-state index >= 15 is 0 Å². The zero-order chi connectivity index (χ0) is 8.97. The Balaban J connectivity index is 2.59. The van der Waals surface area contributed by atoms with E-state index in [1.54, 1.807) is 6.20 Å². The van der Waals surface area contributed by atoms with Gasteiger partial charge in [0.05, 0.1) is 5.56 Å². The fourth-order valence-corrected chi connectivity index (χ4v) is 1.02. The highest BCUT2D eigenvalue weighted by atomic mass is 16.1. The van der Waals surface area contributed by atoms with Crippen molar-refractivity contribution >= 4 is 5.91 Å². The first-order valence-corrected chi connectivity index (χ1v) is 4.17. The molecule has 0 saturated carbocycles. The Hall–Kier alpha value is -1.25. The first kappa shape index (κ1) is 8.84. The molecule has 1 amide bonds. The molecular weight excluding hydrogens is 152 g/mol. The van der Waals surface area contributed by atoms with Crippen LogP contribution in [0, 0.1) is 6.92 Å². The van der Waals surface area contributed by atoms with Crippen molar-refractivity contribution in [2.75, 3.05) is 6.54 Å². The largest absolute Gasteiger partial charge is 0.367 e. The summed E-state index contributed by atoms with van der Waals surface area (Å²) in [5.41, 5.74) is 1.73. The van der Waals surface area contributed by atoms with Crippen molar-refractivity contribution in [3.05, 3.63) is 23.5 Å². The lowest BCUT2D eigenvalue weighted by atomic mass is 10.2. The van der Waals surface area contributed by atoms with Crippen molar-refractivity contribution < 1.29 is 4.79 Å². The normalized spacial score (nSPS) is 9.83. The lowest BCUT2D eigenvalue weighted by Crippen LogP contribution is -2.24. The van der Waals surface area contributed by atoms with Gasteiger partial charge in [-0.3, -0.25) is 4.79 Å². The van der Waals surface area contributed by atoms with E-state index in [4.69, 9.17) is 0 Å². The predicted molar refractivity (Wildman–Crippen MR) is 48.2 cm³/mol. The van der Waals surface area contributed by atoms with E-state index in [2.05, 4.69) is 10.3 Å². The van der Waals surface area contributed by atoms with Crippen molar-refractivity contribution in [2.24, 2.45) is 0 Å². The van der Waals surface area contributed by atoms with Crippen LogP contribution in [0.5, 0.6) is 0 Å². The Labute approximate surface area is 72.2 Å². The monoisotopic (exact) mass is 166 g/mol. The number of rotatable bonds is 3. The molecule has 0 spiro atoms. The maximum absolute atomic E-state index is 11.4. The molecular formula is C9H14N2O. The standard InChI is InChI=1S/C9H14N2O/c1-3-4-11-9(12)8-6-10-5-7(8)2/h5-6,10H,3-4H2,1-2H3,(H,11,12). The third-order valence-corrected chi connectivity index (χ3v) is 1.73. The molecule has 1 aromatic heterocycles. The Morgan fingerprint density at radius 3 is 2.83 bits per heavy atom. The molecule has 0 bridgehead atoms. The molecule has 3 heteroatoms. The van der Waals surface area contributed by atoms with E-state index in [-0.39, 0.29) is 5.91 Å². The van der Waals surface area contributed by atoms with Crippen molar-refractivity contribution in [1.29, 1.82) is 0 Å². The third-order valence-electron chi connectivity index (χ3n) is 1.73. The van der Waals surface area contributed by atoms with Gasteiger partial charge in [0.2, 0.25) is 0 Å². The average Bonchev–Trinajstić information content (AvgIpc) is 2.47. The molecule has 1 heterocycles. The predicted octanol–water partition coefficient (Wildman–Crippen LogP) is 1.46. The molecule has 1 aromatic rings. The average molecular weight is 166 g/mol. The first-order valence-electron chi connectivity index (χ1n) is 4.17. The second kappa shape index (κ2) is 3.95. The number of H-pyrrole nitrogens is 1. The van der Waals surface area contributed by atoms with Gasteiger partial charge in [-0.1, -0.05) is 6.92 Å². The van der Waals surface area contributed by atoms with Crippen molar-refractivity contribution in [3.8, 4) is 0 Å². The number of amides is 1. The maximum Gasteiger partial charge on any atom is 0.253 e. The zero-order valence-electron chi connectivity index (χ0n) is 7.48. The van der Waals surface area contributed by atoms with Crippen molar-refractivity contribution in [2.45, 2.75) is 20.3 Å². The molecule has 0 atom stereocenters. The van der Waals surface area contributed by atoms with E-state index in [0.29, 0.717) is 0 Å². The van der Waals surface area contributed by atoms with E-state index in [0.717, 1.165) is 24.1 Å². The molecule has 12 heavy (non-hydrogen) atoms. The van der Waals surface area contributed by atoms with Crippen molar-refractivity contribution in [3.63, 3.8) is 0 Å². The summed E-state index contributed by atoms with van der Waals surface area (Å²) in [6, 6.07) is 0. The summed E-state index contributed by atoms with van der Waals surface area (Å²) in [7, 11) is 0. The molecule has 0 unspecified atom stereocenters. The van der Waals surface area contributed by atoms with Crippen molar-refractivity contribution in [1.82, 2.24) is 10.3 Å². The summed E-state index contributed by atoms with van der Waals surface area (Å²) in [6.07, 6.45) is 4.51. The van der Waals surface area contributed by atoms with Crippen LogP contribution in [-0.2, 0) is 0 Å². The smallest absolute Gasteiger partial charge is 0.253 e. The Morgan fingerprint density at radius 1 is 1.58 bits per heavy atom. The van der Waals surface area contributed by atoms with Crippen LogP contribution in [0.4, 0.5) is 0 Å². The molecule has 0 aliphatic rings. The third kappa shape index (κ3) is 1.87. The molecule has 0 aliphatic carbocycles. The molecule has 0 aromatic carbocycles. The number of aryl methyl sites for hydroxylation is 1. The van der Waals surface area contributed by atoms with E-state index < -0.39 is 0 Å². The zero-order valence-corrected chi connectivity index (χ0v) is 7.48. The van der Waals surface area contributed by atoms with Gasteiger partial charge >= 0.3 is 0 Å². The summed E-state index contributed by atoms with van der Waals surface area (Å²) in [4.78, 5) is 14.2. The van der Waals surface area contributed by atoms with Crippen LogP contribution in [0.25, 0.3) is 0 Å². The van der Waals surface area contributed by atoms with Crippen LogP contribution < -0.4 is 5.32 Å². The molecule has 0 saturated heterocycles. The minimum atomic E-state index is 0.00981. The second-order valence-electron chi connectivity index (χ2n) is 2.81. The summed E-state index contributed by atoms with van der Waals surface area (Å²) < 4.78 is 0. The minimum absolute atomic E-state index is 0.00981. The number of nitrogens with one attached hydrogen (secondary N) is 2. The molecule has 3 nitrogen and oxygen atoms in total. The summed E-state index contributed by atoms with van der Waals surface area (Å²) >= 11 is 0. The Bertz CT molecular complexity index is 265. The van der Waals surface area contributed by atoms with Crippen LogP contribution in [0.1, 0.15) is 29.3 Å². The van der Waals surface area contributed by atoms with Gasteiger partial charge in [0.15, 0.2) is 0 Å². The number of aromatic amines is 1. The molecule has 0 radical (unpaired) electrons. The van der Waals surface area contributed by atoms with Gasteiger partial charge in [-0.05, 0) is 18.9 Å². The minimum Gasteiger partial charge on any atom is -0.367 e. The van der Waals surface area contributed by atoms with Crippen LogP contribution in [0.3, 0.4) is 0 Å². The van der Waals surface area contributed by atoms with Gasteiger partial charge < -0.3 is 10.3 Å². The Morgan fingerprint density at radius 2 is 2.33 bits per heavy atom. The van der Waals surface area contributed by atoms with E-state index in [1.807, 2.05) is 20.0 Å². The summed E-state index contributed by atoms with van der Waals surface area (Å²) in [5, 5.41) is 2.82. The highest BCUT2D eigenvalue weighted by Crippen LogP contribution is 2.04. The van der Waals surface area contributed by atoms with E-state index in [9.17, 15) is 4.79 Å². The van der Waals surface area contributed by atoms with Gasteiger partial charge in [0, 0.05) is 18.9 Å². The lowest BCUT2D eigenvalue weighted by molar-refractivity contribution is 0.0953. The van der Waals surface area contributed by atoms with Gasteiger partial charge in [-0.15, -0.1) is 0 Å². The highest BCUT2D eigenvalue weighted by Gasteiger charge is 2.07. The maximum atomic E-state index is 11.4. The van der Waals surface area contributed by atoms with Crippen LogP contribution in [0.2, 0.25) is 0 Å². The summed E-state index contributed by atoms with van der Waals surface area (Å²) in [6.45, 7) is 4.69. The number of hydrogen-bond donors (Lipinski definition) is 2. The first-order chi connectivity index (χ1) is 5.75. The topological polar surface area (TPSA) is 44.9 Å². The van der Waals surface area contributed by atoms with Crippen LogP contribution >= 0.6 is 0 Å². The molecule has 0 fully saturated rings. The number of aromatic nitrogens is 1. The van der Waals surface area contributed by atoms with Gasteiger partial charge in [0.25, 0.3) is 5.91 Å². The number of carbonyl (C=O) groups excluding carboxylic acids is 1. The van der Waals surface area contributed by atoms with Gasteiger partial charge in [-0.25, -0.2) is 0 Å². The molecule has 66 valence electrons. The quantitative estimate of drug-likeness (QED) is 0.701. The van der Waals surface area contributed by atoms with E-state index in [1.165, 1.54) is 0 Å². The van der Waals surface area contributed by atoms with Gasteiger partial charge in [0.1, 0.15) is 0 Å². The second-order valence-corrected chi connectivity index (χ2v) is 2.81. The van der Waals surface area contributed by atoms with Crippen LogP contribution in [0.15, 0.2) is 12.4 Å². The molecule has 2 N–H and O–H groups in total. The molecule has 1 rings (SSSR count). The van der Waals surface area contributed by atoms with Crippen LogP contribution in [-0.4, -0.2) is 17.4 Å². The molecule has 0 aliphatic heterocycles. The number of hydrogen-bond acceptors (Lipinski definition) is 1. The lowest BCUT2D eigenvalue weighted by Gasteiger charge is -2.01. The van der Waals surface area contributed by atoms with Gasteiger partial charge in [-0.2, -0.15) is 0 Å². The Kier molecular flexibility index (Phi) is 2.91. The summed E-state index contributed by atoms with van der Waals surface area (Å²) in [5.74, 6) is 0.00981. The SMILES string of the molecule is CCCNC(=O)c1c[nH]cc1C. The fraction of sp³-hybridized carbons (Fsp3) is 0.444. The fourth-order valence-electron chi connectivity index (χ4n) is 1.02.